The lowest BCUT2D eigenvalue weighted by molar-refractivity contribution is -0.226. The minimum atomic E-state index is -4.59. The summed E-state index contributed by atoms with van der Waals surface area (Å²) in [6.07, 6.45) is -3.30. The monoisotopic (exact) mass is 423 g/mol. The lowest BCUT2D eigenvalue weighted by Gasteiger charge is -2.48. The Kier molecular flexibility index (Phi) is 5.91. The summed E-state index contributed by atoms with van der Waals surface area (Å²) >= 11 is 0. The maximum Gasteiger partial charge on any atom is 0.413 e. The quantitative estimate of drug-likeness (QED) is 0.664. The summed E-state index contributed by atoms with van der Waals surface area (Å²) in [4.78, 5) is 17.1. The molecule has 1 amide bonds. The Morgan fingerprint density at radius 2 is 1.76 bits per heavy atom. The average Bonchev–Trinajstić information content (AvgIpc) is 3.10. The molecule has 8 heteroatoms. The van der Waals surface area contributed by atoms with Gasteiger partial charge in [0.2, 0.25) is 0 Å². The molecule has 2 N–H and O–H groups in total. The molecule has 3 aromatic rings. The highest BCUT2D eigenvalue weighted by Crippen LogP contribution is 2.41. The maximum atomic E-state index is 14.5. The lowest BCUT2D eigenvalue weighted by Crippen LogP contribution is -2.70. The van der Waals surface area contributed by atoms with E-state index in [1.807, 2.05) is 12.1 Å². The fraction of sp³-hybridized carbons (Fsp3) is 0.286. The number of alkyl halides is 3. The largest absolute Gasteiger partial charge is 0.413 e. The molecule has 0 saturated carbocycles. The molecule has 1 atom stereocenters. The summed E-state index contributed by atoms with van der Waals surface area (Å²) in [7, 11) is 0. The Morgan fingerprint density at radius 3 is 2.48 bits per heavy atom. The fourth-order valence-corrected chi connectivity index (χ4v) is 3.93. The summed E-state index contributed by atoms with van der Waals surface area (Å²) in [5.41, 5.74) is -0.734. The van der Waals surface area contributed by atoms with Crippen molar-refractivity contribution in [2.24, 2.45) is 0 Å². The fourth-order valence-electron chi connectivity index (χ4n) is 3.93. The Labute approximate surface area is 172 Å². The first kappa shape index (κ1) is 21.2. The number of amides is 1. The Bertz CT molecular complexity index is 990. The number of halogens is 4. The van der Waals surface area contributed by atoms with Gasteiger partial charge in [0.15, 0.2) is 5.54 Å². The molecule has 0 aliphatic carbocycles. The highest BCUT2D eigenvalue weighted by atomic mass is 35.5. The van der Waals surface area contributed by atoms with Crippen LogP contribution in [0.15, 0.2) is 60.8 Å². The topological polar surface area (TPSA) is 48.1 Å². The third-order valence-corrected chi connectivity index (χ3v) is 5.40. The molecule has 0 radical (unpaired) electrons. The van der Waals surface area contributed by atoms with Crippen LogP contribution in [0, 0.1) is 0 Å². The van der Waals surface area contributed by atoms with E-state index in [0.29, 0.717) is 12.1 Å². The van der Waals surface area contributed by atoms with Crippen LogP contribution < -0.4 is 5.32 Å². The van der Waals surface area contributed by atoms with Gasteiger partial charge in [0.1, 0.15) is 0 Å². The van der Waals surface area contributed by atoms with Gasteiger partial charge < -0.3 is 15.2 Å². The van der Waals surface area contributed by atoms with Crippen molar-refractivity contribution < 1.29 is 18.0 Å². The molecule has 154 valence electrons. The van der Waals surface area contributed by atoms with E-state index in [1.54, 1.807) is 48.7 Å². The minimum Gasteiger partial charge on any atom is -0.361 e. The van der Waals surface area contributed by atoms with Crippen molar-refractivity contribution in [1.82, 2.24) is 15.2 Å². The van der Waals surface area contributed by atoms with Crippen molar-refractivity contribution in [3.8, 4) is 0 Å². The van der Waals surface area contributed by atoms with E-state index < -0.39 is 17.6 Å². The number of carbonyl (C=O) groups excluding carboxylic acids is 1. The van der Waals surface area contributed by atoms with Gasteiger partial charge in [-0.05, 0) is 23.8 Å². The third kappa shape index (κ3) is 3.72. The van der Waals surface area contributed by atoms with E-state index in [0.717, 1.165) is 15.8 Å². The number of carbonyl (C=O) groups is 1. The first-order valence-corrected chi connectivity index (χ1v) is 9.12. The number of H-pyrrole nitrogens is 1. The van der Waals surface area contributed by atoms with Gasteiger partial charge in [-0.3, -0.25) is 4.79 Å². The standard InChI is InChI=1S/C21H20F3N3O.ClH/c22-21(23,24)20(12-16-13-26-18-9-5-4-8-17(16)18)14-25-10-11-27(20)19(28)15-6-2-1-3-7-15;/h1-9,13,25-26H,10-12,14H2;1H. The van der Waals surface area contributed by atoms with Crippen molar-refractivity contribution in [3.63, 3.8) is 0 Å². The number of aromatic amines is 1. The van der Waals surface area contributed by atoms with Crippen LogP contribution in [0.5, 0.6) is 0 Å². The molecule has 4 rings (SSSR count). The summed E-state index contributed by atoms with van der Waals surface area (Å²) < 4.78 is 43.4. The smallest absolute Gasteiger partial charge is 0.361 e. The molecule has 1 aromatic heterocycles. The highest BCUT2D eigenvalue weighted by molar-refractivity contribution is 5.95. The number of aromatic nitrogens is 1. The van der Waals surface area contributed by atoms with Crippen molar-refractivity contribution >= 4 is 29.2 Å². The van der Waals surface area contributed by atoms with Gasteiger partial charge in [0, 0.05) is 48.7 Å². The summed E-state index contributed by atoms with van der Waals surface area (Å²) in [5.74, 6) is -0.598. The van der Waals surface area contributed by atoms with Gasteiger partial charge in [-0.2, -0.15) is 13.2 Å². The Hall–Kier alpha value is -2.51. The zero-order valence-electron chi connectivity index (χ0n) is 15.5. The van der Waals surface area contributed by atoms with Crippen LogP contribution in [-0.4, -0.2) is 47.1 Å². The highest BCUT2D eigenvalue weighted by Gasteiger charge is 2.60. The third-order valence-electron chi connectivity index (χ3n) is 5.40. The molecule has 1 aliphatic rings. The average molecular weight is 424 g/mol. The minimum absolute atomic E-state index is 0. The van der Waals surface area contributed by atoms with E-state index in [4.69, 9.17) is 0 Å². The van der Waals surface area contributed by atoms with Gasteiger partial charge in [0.05, 0.1) is 0 Å². The van der Waals surface area contributed by atoms with Gasteiger partial charge >= 0.3 is 6.18 Å². The van der Waals surface area contributed by atoms with Crippen LogP contribution in [0.25, 0.3) is 10.9 Å². The van der Waals surface area contributed by atoms with Crippen LogP contribution in [0.2, 0.25) is 0 Å². The van der Waals surface area contributed by atoms with Gasteiger partial charge in [-0.15, -0.1) is 12.4 Å². The summed E-state index contributed by atoms with van der Waals surface area (Å²) in [6, 6.07) is 15.4. The normalized spacial score (nSPS) is 19.8. The van der Waals surface area contributed by atoms with Gasteiger partial charge in [-0.25, -0.2) is 0 Å². The molecule has 29 heavy (non-hydrogen) atoms. The number of rotatable bonds is 3. The van der Waals surface area contributed by atoms with Crippen LogP contribution >= 0.6 is 12.4 Å². The van der Waals surface area contributed by atoms with Gasteiger partial charge in [-0.1, -0.05) is 36.4 Å². The van der Waals surface area contributed by atoms with E-state index in [9.17, 15) is 18.0 Å². The van der Waals surface area contributed by atoms with E-state index >= 15 is 0 Å². The predicted octanol–water partition coefficient (Wildman–Crippen LogP) is 4.18. The van der Waals surface area contributed by atoms with Crippen molar-refractivity contribution in [3.05, 3.63) is 71.9 Å². The molecule has 1 aliphatic heterocycles. The SMILES string of the molecule is Cl.O=C(c1ccccc1)N1CCNCC1(Cc1c[nH]c2ccccc12)C(F)(F)F. The molecule has 0 spiro atoms. The molecule has 4 nitrogen and oxygen atoms in total. The zero-order valence-corrected chi connectivity index (χ0v) is 16.3. The second-order valence-corrected chi connectivity index (χ2v) is 7.07. The number of para-hydroxylation sites is 1. The maximum absolute atomic E-state index is 14.5. The molecule has 2 aromatic carbocycles. The molecule has 1 unspecified atom stereocenters. The van der Waals surface area contributed by atoms with Crippen LogP contribution in [0.4, 0.5) is 13.2 Å². The molecular formula is C21H21ClF3N3O. The number of piperazine rings is 1. The number of nitrogens with zero attached hydrogens (tertiary/aromatic N) is 1. The Morgan fingerprint density at radius 1 is 1.07 bits per heavy atom. The van der Waals surface area contributed by atoms with Crippen molar-refractivity contribution in [2.75, 3.05) is 19.6 Å². The van der Waals surface area contributed by atoms with E-state index in [1.165, 1.54) is 0 Å². The molecule has 1 saturated heterocycles. The number of nitrogens with one attached hydrogen (secondary N) is 2. The molecule has 2 heterocycles. The first-order valence-electron chi connectivity index (χ1n) is 9.12. The number of hydrogen-bond donors (Lipinski definition) is 2. The van der Waals surface area contributed by atoms with Gasteiger partial charge in [0.25, 0.3) is 5.91 Å². The number of benzene rings is 2. The molecule has 1 fully saturated rings. The van der Waals surface area contributed by atoms with Crippen molar-refractivity contribution in [2.45, 2.75) is 18.1 Å². The summed E-state index contributed by atoms with van der Waals surface area (Å²) in [6.45, 7) is -0.0194. The van der Waals surface area contributed by atoms with Crippen LogP contribution in [0.3, 0.4) is 0 Å². The second-order valence-electron chi connectivity index (χ2n) is 7.07. The number of hydrogen-bond acceptors (Lipinski definition) is 2. The molecular weight excluding hydrogens is 403 g/mol. The lowest BCUT2D eigenvalue weighted by atomic mass is 9.85. The van der Waals surface area contributed by atoms with Crippen LogP contribution in [0.1, 0.15) is 15.9 Å². The van der Waals surface area contributed by atoms with E-state index in [-0.39, 0.29) is 37.5 Å². The first-order chi connectivity index (χ1) is 13.4. The van der Waals surface area contributed by atoms with Crippen molar-refractivity contribution in [1.29, 1.82) is 0 Å². The second kappa shape index (κ2) is 8.08. The Balaban J connectivity index is 0.00000240. The molecule has 0 bridgehead atoms. The number of fused-ring (bicyclic) bond motifs is 1. The van der Waals surface area contributed by atoms with Crippen LogP contribution in [-0.2, 0) is 6.42 Å². The predicted molar refractivity (Wildman–Crippen MR) is 108 cm³/mol. The van der Waals surface area contributed by atoms with E-state index in [2.05, 4.69) is 10.3 Å². The summed E-state index contributed by atoms with van der Waals surface area (Å²) in [5, 5.41) is 3.59. The zero-order chi connectivity index (χ0) is 19.8.